The van der Waals surface area contributed by atoms with Crippen molar-refractivity contribution in [1.82, 2.24) is 14.7 Å². The van der Waals surface area contributed by atoms with Gasteiger partial charge in [-0.15, -0.1) is 0 Å². The SMILES string of the molecule is CC(C)N1CC(C2c3c#ccc(F)c3CCc3c(F)cccc32)n2ncc(=O)c(O)c2C1=O. The standard InChI is InChI=1S/C25H21F2N3O3/c1-13(2)29-12-20(30-23(25(29)33)24(32)21(31)11-28-30)22-16-5-3-7-18(26)14(16)9-10-15-17(22)6-4-8-19(15)27/h3,5,7-8,11,13,20,22,32H,9-10,12H2,1-2H3. The molecule has 1 aliphatic carbocycles. The molecule has 2 atom stereocenters. The fourth-order valence-corrected chi connectivity index (χ4v) is 5.02. The van der Waals surface area contributed by atoms with Crippen molar-refractivity contribution in [3.63, 3.8) is 0 Å². The first kappa shape index (κ1) is 21.1. The van der Waals surface area contributed by atoms with Gasteiger partial charge in [-0.05, 0) is 43.9 Å². The van der Waals surface area contributed by atoms with Crippen LogP contribution in [0, 0.1) is 23.8 Å². The summed E-state index contributed by atoms with van der Waals surface area (Å²) in [5, 5.41) is 14.7. The molecule has 2 unspecified atom stereocenters. The molecule has 2 aliphatic rings. The molecule has 2 heterocycles. The maximum Gasteiger partial charge on any atom is 0.276 e. The highest BCUT2D eigenvalue weighted by atomic mass is 19.1. The molecule has 0 spiro atoms. The third-order valence-electron chi connectivity index (χ3n) is 6.60. The highest BCUT2D eigenvalue weighted by Crippen LogP contribution is 2.44. The monoisotopic (exact) mass is 449 g/mol. The van der Waals surface area contributed by atoms with Crippen LogP contribution in [-0.2, 0) is 12.8 Å². The van der Waals surface area contributed by atoms with Crippen LogP contribution in [-0.4, -0.2) is 38.3 Å². The summed E-state index contributed by atoms with van der Waals surface area (Å²) in [5.74, 6) is -2.69. The second-order valence-electron chi connectivity index (χ2n) is 8.71. The number of nitrogens with zero attached hydrogens (tertiary/aromatic N) is 3. The third kappa shape index (κ3) is 3.18. The van der Waals surface area contributed by atoms with Gasteiger partial charge in [0.2, 0.25) is 5.43 Å². The van der Waals surface area contributed by atoms with E-state index in [-0.39, 0.29) is 24.7 Å². The van der Waals surface area contributed by atoms with Gasteiger partial charge in [-0.1, -0.05) is 24.3 Å². The molecule has 0 radical (unpaired) electrons. The predicted octanol–water partition coefficient (Wildman–Crippen LogP) is 3.16. The number of benzene rings is 1. The highest BCUT2D eigenvalue weighted by molar-refractivity contribution is 5.96. The van der Waals surface area contributed by atoms with Crippen LogP contribution in [0.3, 0.4) is 0 Å². The molecule has 0 fully saturated rings. The second kappa shape index (κ2) is 7.69. The fourth-order valence-electron chi connectivity index (χ4n) is 5.02. The Balaban J connectivity index is 1.82. The van der Waals surface area contributed by atoms with E-state index in [4.69, 9.17) is 0 Å². The molecule has 1 aliphatic heterocycles. The van der Waals surface area contributed by atoms with E-state index < -0.39 is 40.7 Å². The zero-order valence-corrected chi connectivity index (χ0v) is 18.1. The Morgan fingerprint density at radius 1 is 1.15 bits per heavy atom. The number of carbonyl (C=O) groups is 1. The summed E-state index contributed by atoms with van der Waals surface area (Å²) in [6, 6.07) is 10.8. The molecule has 33 heavy (non-hydrogen) atoms. The lowest BCUT2D eigenvalue weighted by Gasteiger charge is -2.40. The molecule has 0 bridgehead atoms. The van der Waals surface area contributed by atoms with Crippen molar-refractivity contribution >= 4 is 5.91 Å². The smallest absolute Gasteiger partial charge is 0.276 e. The summed E-state index contributed by atoms with van der Waals surface area (Å²) >= 11 is 0. The minimum absolute atomic E-state index is 0.170. The van der Waals surface area contributed by atoms with E-state index in [1.165, 1.54) is 21.7 Å². The van der Waals surface area contributed by atoms with Gasteiger partial charge in [0, 0.05) is 35.7 Å². The summed E-state index contributed by atoms with van der Waals surface area (Å²) in [4.78, 5) is 26.8. The quantitative estimate of drug-likeness (QED) is 0.652. The third-order valence-corrected chi connectivity index (χ3v) is 6.60. The minimum Gasteiger partial charge on any atom is -0.502 e. The molecule has 1 aromatic heterocycles. The summed E-state index contributed by atoms with van der Waals surface area (Å²) in [7, 11) is 0. The number of rotatable bonds is 2. The van der Waals surface area contributed by atoms with Gasteiger partial charge in [0.1, 0.15) is 11.6 Å². The number of aromatic nitrogens is 2. The number of halogens is 2. The van der Waals surface area contributed by atoms with Gasteiger partial charge in [-0.2, -0.15) is 5.10 Å². The molecule has 3 aromatic rings. The van der Waals surface area contributed by atoms with E-state index in [1.54, 1.807) is 12.1 Å². The molecule has 2 aromatic carbocycles. The van der Waals surface area contributed by atoms with Gasteiger partial charge in [0.15, 0.2) is 11.4 Å². The largest absolute Gasteiger partial charge is 0.502 e. The van der Waals surface area contributed by atoms with Gasteiger partial charge < -0.3 is 10.0 Å². The zero-order valence-electron chi connectivity index (χ0n) is 18.1. The van der Waals surface area contributed by atoms with Crippen LogP contribution in [0.25, 0.3) is 0 Å². The van der Waals surface area contributed by atoms with Crippen molar-refractivity contribution in [3.05, 3.63) is 92.4 Å². The lowest BCUT2D eigenvalue weighted by Crippen LogP contribution is -2.49. The molecule has 0 saturated heterocycles. The molecule has 168 valence electrons. The Kier molecular flexibility index (Phi) is 4.93. The Morgan fingerprint density at radius 3 is 2.67 bits per heavy atom. The number of amides is 1. The van der Waals surface area contributed by atoms with E-state index in [9.17, 15) is 23.5 Å². The Labute approximate surface area is 189 Å². The fraction of sp³-hybridized carbons (Fsp3) is 0.320. The van der Waals surface area contributed by atoms with Crippen molar-refractivity contribution in [3.8, 4) is 5.75 Å². The topological polar surface area (TPSA) is 75.4 Å². The van der Waals surface area contributed by atoms with Crippen LogP contribution >= 0.6 is 0 Å². The maximum atomic E-state index is 14.9. The number of hydrogen-bond acceptors (Lipinski definition) is 4. The Morgan fingerprint density at radius 2 is 1.91 bits per heavy atom. The van der Waals surface area contributed by atoms with E-state index in [1.807, 2.05) is 13.8 Å². The van der Waals surface area contributed by atoms with Crippen molar-refractivity contribution in [1.29, 1.82) is 0 Å². The van der Waals surface area contributed by atoms with E-state index in [2.05, 4.69) is 17.2 Å². The zero-order chi connectivity index (χ0) is 23.4. The van der Waals surface area contributed by atoms with Crippen molar-refractivity contribution < 1.29 is 18.7 Å². The second-order valence-corrected chi connectivity index (χ2v) is 8.71. The van der Waals surface area contributed by atoms with Gasteiger partial charge >= 0.3 is 0 Å². The van der Waals surface area contributed by atoms with E-state index >= 15 is 0 Å². The summed E-state index contributed by atoms with van der Waals surface area (Å²) in [6.45, 7) is 3.82. The predicted molar refractivity (Wildman–Crippen MR) is 115 cm³/mol. The van der Waals surface area contributed by atoms with Gasteiger partial charge in [0.05, 0.1) is 12.2 Å². The molecule has 6 nitrogen and oxygen atoms in total. The van der Waals surface area contributed by atoms with Crippen molar-refractivity contribution in [2.45, 2.75) is 44.7 Å². The van der Waals surface area contributed by atoms with Crippen LogP contribution in [0.4, 0.5) is 8.78 Å². The first-order valence-corrected chi connectivity index (χ1v) is 10.8. The first-order chi connectivity index (χ1) is 15.8. The van der Waals surface area contributed by atoms with Crippen molar-refractivity contribution in [2.24, 2.45) is 0 Å². The minimum atomic E-state index is -0.766. The first-order valence-electron chi connectivity index (χ1n) is 10.8. The lowest BCUT2D eigenvalue weighted by molar-refractivity contribution is 0.0570. The number of hydrogen-bond donors (Lipinski definition) is 1. The lowest BCUT2D eigenvalue weighted by atomic mass is 9.81. The van der Waals surface area contributed by atoms with E-state index in [0.29, 0.717) is 28.7 Å². The number of fused-ring (bicyclic) bond motifs is 3. The molecular formula is C25H21F2N3O3. The normalized spacial score (nSPS) is 17.8. The molecule has 0 saturated carbocycles. The highest BCUT2D eigenvalue weighted by Gasteiger charge is 2.42. The maximum absolute atomic E-state index is 14.9. The van der Waals surface area contributed by atoms with Crippen LogP contribution in [0.5, 0.6) is 5.75 Å². The van der Waals surface area contributed by atoms with Crippen molar-refractivity contribution in [2.75, 3.05) is 6.54 Å². The van der Waals surface area contributed by atoms with E-state index in [0.717, 1.165) is 6.20 Å². The molecule has 1 N–H and O–H groups in total. The van der Waals surface area contributed by atoms with Crippen LogP contribution in [0.15, 0.2) is 35.3 Å². The Bertz CT molecular complexity index is 1280. The summed E-state index contributed by atoms with van der Waals surface area (Å²) < 4.78 is 31.1. The molecule has 8 heteroatoms. The van der Waals surface area contributed by atoms with Crippen LogP contribution in [0.1, 0.15) is 58.5 Å². The number of carbonyl (C=O) groups excluding carboxylic acids is 1. The average molecular weight is 449 g/mol. The van der Waals surface area contributed by atoms with Gasteiger partial charge in [-0.3, -0.25) is 14.3 Å². The Hall–Kier alpha value is -3.73. The van der Waals surface area contributed by atoms with Gasteiger partial charge in [0.25, 0.3) is 5.91 Å². The molecule has 5 rings (SSSR count). The average Bonchev–Trinajstić information content (AvgIpc) is 2.95. The van der Waals surface area contributed by atoms with Crippen LogP contribution in [0.2, 0.25) is 0 Å². The summed E-state index contributed by atoms with van der Waals surface area (Å²) in [6.07, 6.45) is 1.54. The van der Waals surface area contributed by atoms with Gasteiger partial charge in [-0.25, -0.2) is 8.78 Å². The molecule has 1 amide bonds. The van der Waals surface area contributed by atoms with Crippen LogP contribution < -0.4 is 5.43 Å². The number of aromatic hydroxyl groups is 1. The molecular weight excluding hydrogens is 428 g/mol. The summed E-state index contributed by atoms with van der Waals surface area (Å²) in [5.41, 5.74) is 1.03.